The van der Waals surface area contributed by atoms with Gasteiger partial charge in [0.15, 0.2) is 0 Å². The van der Waals surface area contributed by atoms with Crippen LogP contribution in [-0.4, -0.2) is 25.9 Å². The molecule has 2 aromatic heterocycles. The Balaban J connectivity index is 1.98. The Labute approximate surface area is 124 Å². The fraction of sp³-hybridized carbons (Fsp3) is 0.375. The number of nitrogens with zero attached hydrogens (tertiary/aromatic N) is 4. The monoisotopic (exact) mass is 283 g/mol. The summed E-state index contributed by atoms with van der Waals surface area (Å²) in [6, 6.07) is 8.87. The SMILES string of the molecule is CC(C)n1ncnc1Cn1ccc2c(CCN)cccc21. The van der Waals surface area contributed by atoms with Crippen LogP contribution in [0.3, 0.4) is 0 Å². The molecule has 0 aliphatic carbocycles. The van der Waals surface area contributed by atoms with Crippen LogP contribution in [0.1, 0.15) is 31.3 Å². The van der Waals surface area contributed by atoms with Crippen molar-refractivity contribution in [3.63, 3.8) is 0 Å². The summed E-state index contributed by atoms with van der Waals surface area (Å²) in [6.07, 6.45) is 4.65. The average molecular weight is 283 g/mol. The van der Waals surface area contributed by atoms with Gasteiger partial charge in [-0.05, 0) is 44.5 Å². The summed E-state index contributed by atoms with van der Waals surface area (Å²) in [5.74, 6) is 0.978. The van der Waals surface area contributed by atoms with Gasteiger partial charge in [0.1, 0.15) is 12.2 Å². The van der Waals surface area contributed by atoms with Gasteiger partial charge in [-0.2, -0.15) is 5.10 Å². The molecule has 3 rings (SSSR count). The first-order valence-electron chi connectivity index (χ1n) is 7.36. The van der Waals surface area contributed by atoms with Crippen molar-refractivity contribution < 1.29 is 0 Å². The summed E-state index contributed by atoms with van der Waals surface area (Å²) in [6.45, 7) is 5.64. The summed E-state index contributed by atoms with van der Waals surface area (Å²) in [7, 11) is 0. The maximum Gasteiger partial charge on any atom is 0.147 e. The first-order chi connectivity index (χ1) is 10.2. The highest BCUT2D eigenvalue weighted by atomic mass is 15.4. The Bertz CT molecular complexity index is 738. The van der Waals surface area contributed by atoms with Gasteiger partial charge in [0.25, 0.3) is 0 Å². The Hall–Kier alpha value is -2.14. The molecule has 3 aromatic rings. The molecule has 0 unspecified atom stereocenters. The van der Waals surface area contributed by atoms with E-state index in [1.807, 2.05) is 4.68 Å². The Morgan fingerprint density at radius 2 is 2.10 bits per heavy atom. The van der Waals surface area contributed by atoms with Gasteiger partial charge >= 0.3 is 0 Å². The predicted molar refractivity (Wildman–Crippen MR) is 84.2 cm³/mol. The number of hydrogen-bond acceptors (Lipinski definition) is 3. The van der Waals surface area contributed by atoms with E-state index in [1.165, 1.54) is 16.5 Å². The second kappa shape index (κ2) is 5.69. The Morgan fingerprint density at radius 3 is 2.86 bits per heavy atom. The van der Waals surface area contributed by atoms with Gasteiger partial charge in [0.05, 0.1) is 6.54 Å². The van der Waals surface area contributed by atoms with Gasteiger partial charge in [-0.3, -0.25) is 0 Å². The van der Waals surface area contributed by atoms with Crippen molar-refractivity contribution >= 4 is 10.9 Å². The lowest BCUT2D eigenvalue weighted by Gasteiger charge is -2.11. The van der Waals surface area contributed by atoms with Crippen molar-refractivity contribution in [3.05, 3.63) is 48.2 Å². The maximum absolute atomic E-state index is 5.69. The lowest BCUT2D eigenvalue weighted by Crippen LogP contribution is -2.11. The summed E-state index contributed by atoms with van der Waals surface area (Å²) in [5.41, 5.74) is 8.22. The minimum absolute atomic E-state index is 0.317. The third-order valence-electron chi connectivity index (χ3n) is 3.77. The molecular formula is C16H21N5. The molecule has 0 spiro atoms. The van der Waals surface area contributed by atoms with Crippen LogP contribution in [0.15, 0.2) is 36.8 Å². The third-order valence-corrected chi connectivity index (χ3v) is 3.77. The molecule has 0 saturated heterocycles. The third kappa shape index (κ3) is 2.56. The first-order valence-corrected chi connectivity index (χ1v) is 7.36. The van der Waals surface area contributed by atoms with E-state index in [0.29, 0.717) is 12.6 Å². The van der Waals surface area contributed by atoms with Crippen molar-refractivity contribution in [2.75, 3.05) is 6.54 Å². The smallest absolute Gasteiger partial charge is 0.147 e. The van der Waals surface area contributed by atoms with E-state index in [2.05, 4.69) is 59.0 Å². The normalized spacial score (nSPS) is 11.6. The molecule has 2 N–H and O–H groups in total. The van der Waals surface area contributed by atoms with Gasteiger partial charge in [-0.1, -0.05) is 12.1 Å². The highest BCUT2D eigenvalue weighted by Gasteiger charge is 2.10. The van der Waals surface area contributed by atoms with Gasteiger partial charge in [-0.25, -0.2) is 9.67 Å². The fourth-order valence-electron chi connectivity index (χ4n) is 2.77. The van der Waals surface area contributed by atoms with Gasteiger partial charge in [-0.15, -0.1) is 0 Å². The molecule has 0 bridgehead atoms. The van der Waals surface area contributed by atoms with E-state index >= 15 is 0 Å². The van der Waals surface area contributed by atoms with Crippen molar-refractivity contribution in [3.8, 4) is 0 Å². The van der Waals surface area contributed by atoms with Crippen LogP contribution in [0.25, 0.3) is 10.9 Å². The van der Waals surface area contributed by atoms with Crippen molar-refractivity contribution in [2.45, 2.75) is 32.9 Å². The van der Waals surface area contributed by atoms with Crippen molar-refractivity contribution in [2.24, 2.45) is 5.73 Å². The molecule has 0 fully saturated rings. The molecule has 0 radical (unpaired) electrons. The fourth-order valence-corrected chi connectivity index (χ4v) is 2.77. The number of hydrogen-bond donors (Lipinski definition) is 1. The molecular weight excluding hydrogens is 262 g/mol. The molecule has 5 nitrogen and oxygen atoms in total. The van der Waals surface area contributed by atoms with Gasteiger partial charge in [0, 0.05) is 23.1 Å². The van der Waals surface area contributed by atoms with E-state index in [-0.39, 0.29) is 0 Å². The standard InChI is InChI=1S/C16H21N5/c1-12(2)21-16(18-11-19-21)10-20-9-7-14-13(6-8-17)4-3-5-15(14)20/h3-5,7,9,11-12H,6,8,10,17H2,1-2H3. The summed E-state index contributed by atoms with van der Waals surface area (Å²) < 4.78 is 4.19. The van der Waals surface area contributed by atoms with Crippen LogP contribution < -0.4 is 5.73 Å². The first kappa shape index (κ1) is 13.8. The number of fused-ring (bicyclic) bond motifs is 1. The van der Waals surface area contributed by atoms with Crippen LogP contribution >= 0.6 is 0 Å². The van der Waals surface area contributed by atoms with E-state index in [9.17, 15) is 0 Å². The van der Waals surface area contributed by atoms with Crippen molar-refractivity contribution in [1.29, 1.82) is 0 Å². The molecule has 2 heterocycles. The largest absolute Gasteiger partial charge is 0.340 e. The van der Waals surface area contributed by atoms with Crippen LogP contribution in [0, 0.1) is 0 Å². The quantitative estimate of drug-likeness (QED) is 0.782. The summed E-state index contributed by atoms with van der Waals surface area (Å²) in [5, 5.41) is 5.58. The minimum atomic E-state index is 0.317. The number of nitrogens with two attached hydrogens (primary N) is 1. The minimum Gasteiger partial charge on any atom is -0.340 e. The predicted octanol–water partition coefficient (Wildman–Crippen LogP) is 2.36. The molecule has 0 amide bonds. The van der Waals surface area contributed by atoms with Crippen molar-refractivity contribution in [1.82, 2.24) is 19.3 Å². The van der Waals surface area contributed by atoms with Crippen LogP contribution in [0.4, 0.5) is 0 Å². The zero-order valence-corrected chi connectivity index (χ0v) is 12.5. The lowest BCUT2D eigenvalue weighted by molar-refractivity contribution is 0.498. The zero-order chi connectivity index (χ0) is 14.8. The molecule has 110 valence electrons. The number of benzene rings is 1. The van der Waals surface area contributed by atoms with Crippen LogP contribution in [0.5, 0.6) is 0 Å². The molecule has 0 atom stereocenters. The molecule has 5 heteroatoms. The number of aromatic nitrogens is 4. The Morgan fingerprint density at radius 1 is 1.24 bits per heavy atom. The molecule has 0 aliphatic heterocycles. The van der Waals surface area contributed by atoms with Gasteiger partial charge in [0.2, 0.25) is 0 Å². The van der Waals surface area contributed by atoms with Crippen LogP contribution in [-0.2, 0) is 13.0 Å². The van der Waals surface area contributed by atoms with E-state index < -0.39 is 0 Å². The van der Waals surface area contributed by atoms with E-state index in [4.69, 9.17) is 5.73 Å². The Kier molecular flexibility index (Phi) is 3.75. The molecule has 0 saturated carbocycles. The lowest BCUT2D eigenvalue weighted by atomic mass is 10.1. The highest BCUT2D eigenvalue weighted by molar-refractivity contribution is 5.83. The van der Waals surface area contributed by atoms with E-state index in [1.54, 1.807) is 6.33 Å². The summed E-state index contributed by atoms with van der Waals surface area (Å²) >= 11 is 0. The average Bonchev–Trinajstić information content (AvgIpc) is 3.08. The molecule has 21 heavy (non-hydrogen) atoms. The second-order valence-electron chi connectivity index (χ2n) is 5.55. The van der Waals surface area contributed by atoms with E-state index in [0.717, 1.165) is 18.8 Å². The summed E-state index contributed by atoms with van der Waals surface area (Å²) in [4.78, 5) is 4.39. The second-order valence-corrected chi connectivity index (χ2v) is 5.55. The topological polar surface area (TPSA) is 61.7 Å². The highest BCUT2D eigenvalue weighted by Crippen LogP contribution is 2.21. The molecule has 1 aromatic carbocycles. The van der Waals surface area contributed by atoms with Crippen LogP contribution in [0.2, 0.25) is 0 Å². The number of rotatable bonds is 5. The maximum atomic E-state index is 5.69. The zero-order valence-electron chi connectivity index (χ0n) is 12.5. The van der Waals surface area contributed by atoms with Gasteiger partial charge < -0.3 is 10.3 Å². The molecule has 0 aliphatic rings.